The average Bonchev–Trinajstić information content (AvgIpc) is 2.65. The van der Waals surface area contributed by atoms with Crippen LogP contribution in [-0.4, -0.2) is 64.5 Å². The lowest BCUT2D eigenvalue weighted by Gasteiger charge is -2.27. The van der Waals surface area contributed by atoms with Gasteiger partial charge in [-0.3, -0.25) is 4.79 Å². The number of rotatable bonds is 12. The molecular formula is C25H46N4O7S. The second-order valence-corrected chi connectivity index (χ2v) is 12.1. The smallest absolute Gasteiger partial charge is 0.329 e. The summed E-state index contributed by atoms with van der Waals surface area (Å²) < 4.78 is 16.2. The van der Waals surface area contributed by atoms with Gasteiger partial charge < -0.3 is 35.9 Å². The number of ether oxygens (including phenoxy) is 3. The third-order valence-electron chi connectivity index (χ3n) is 4.27. The van der Waals surface area contributed by atoms with Gasteiger partial charge >= 0.3 is 23.9 Å². The van der Waals surface area contributed by atoms with E-state index in [9.17, 15) is 19.2 Å². The van der Waals surface area contributed by atoms with E-state index in [1.165, 1.54) is 0 Å². The summed E-state index contributed by atoms with van der Waals surface area (Å²) in [5, 5.41) is 8.14. The minimum atomic E-state index is -1.14. The molecule has 0 aliphatic heterocycles. The van der Waals surface area contributed by atoms with Crippen molar-refractivity contribution < 1.29 is 33.4 Å². The molecule has 0 aromatic heterocycles. The SMILES string of the molecule is CC(C)(C)OC(=O)CCC(NC(=O)NC(CCCCNC(N)=S)C(=O)OC(C)(C)C)C(=O)OC(C)(C)C. The molecule has 0 radical (unpaired) electrons. The van der Waals surface area contributed by atoms with E-state index in [1.807, 2.05) is 0 Å². The Kier molecular flexibility index (Phi) is 13.9. The number of amides is 2. The van der Waals surface area contributed by atoms with Gasteiger partial charge in [0, 0.05) is 13.0 Å². The summed E-state index contributed by atoms with van der Waals surface area (Å²) in [4.78, 5) is 50.6. The topological polar surface area (TPSA) is 158 Å². The molecule has 0 bridgehead atoms. The molecule has 0 fully saturated rings. The van der Waals surface area contributed by atoms with Crippen LogP contribution in [0.15, 0.2) is 0 Å². The van der Waals surface area contributed by atoms with Crippen molar-refractivity contribution in [2.75, 3.05) is 6.54 Å². The molecule has 214 valence electrons. The van der Waals surface area contributed by atoms with Crippen LogP contribution < -0.4 is 21.7 Å². The Bertz CT molecular complexity index is 798. The van der Waals surface area contributed by atoms with Crippen molar-refractivity contribution in [1.82, 2.24) is 16.0 Å². The normalized spacial score (nSPS) is 13.5. The lowest BCUT2D eigenvalue weighted by Crippen LogP contribution is -2.53. The van der Waals surface area contributed by atoms with Gasteiger partial charge in [-0.15, -0.1) is 0 Å². The van der Waals surface area contributed by atoms with Crippen LogP contribution in [0.5, 0.6) is 0 Å². The molecule has 5 N–H and O–H groups in total. The Hall–Kier alpha value is -2.63. The van der Waals surface area contributed by atoms with E-state index in [4.69, 9.17) is 32.2 Å². The molecule has 2 unspecified atom stereocenters. The van der Waals surface area contributed by atoms with Crippen LogP contribution >= 0.6 is 12.2 Å². The Balaban J connectivity index is 5.40. The summed E-state index contributed by atoms with van der Waals surface area (Å²) >= 11 is 4.77. The molecule has 12 heteroatoms. The van der Waals surface area contributed by atoms with E-state index >= 15 is 0 Å². The third kappa shape index (κ3) is 19.2. The third-order valence-corrected chi connectivity index (χ3v) is 4.41. The molecule has 0 rings (SSSR count). The van der Waals surface area contributed by atoms with Gasteiger partial charge in [0.05, 0.1) is 0 Å². The monoisotopic (exact) mass is 546 g/mol. The molecule has 2 amide bonds. The predicted molar refractivity (Wildman–Crippen MR) is 145 cm³/mol. The highest BCUT2D eigenvalue weighted by atomic mass is 32.1. The Morgan fingerprint density at radius 3 is 1.57 bits per heavy atom. The van der Waals surface area contributed by atoms with Crippen molar-refractivity contribution in [3.8, 4) is 0 Å². The zero-order valence-electron chi connectivity index (χ0n) is 23.7. The summed E-state index contributed by atoms with van der Waals surface area (Å²) in [7, 11) is 0. The van der Waals surface area contributed by atoms with E-state index in [0.717, 1.165) is 0 Å². The Morgan fingerprint density at radius 1 is 0.730 bits per heavy atom. The van der Waals surface area contributed by atoms with Crippen LogP contribution in [0.1, 0.15) is 94.4 Å². The van der Waals surface area contributed by atoms with E-state index in [2.05, 4.69) is 16.0 Å². The van der Waals surface area contributed by atoms with E-state index in [-0.39, 0.29) is 24.4 Å². The van der Waals surface area contributed by atoms with Crippen LogP contribution in [0.2, 0.25) is 0 Å². The van der Waals surface area contributed by atoms with Crippen molar-refractivity contribution in [3.05, 3.63) is 0 Å². The number of hydrogen-bond acceptors (Lipinski definition) is 8. The maximum absolute atomic E-state index is 12.9. The van der Waals surface area contributed by atoms with E-state index < -0.39 is 52.8 Å². The van der Waals surface area contributed by atoms with Crippen LogP contribution in [0.3, 0.4) is 0 Å². The molecule has 0 heterocycles. The van der Waals surface area contributed by atoms with Gasteiger partial charge in [-0.2, -0.15) is 0 Å². The molecule has 0 saturated heterocycles. The molecule has 37 heavy (non-hydrogen) atoms. The minimum Gasteiger partial charge on any atom is -0.460 e. The molecule has 0 aliphatic carbocycles. The minimum absolute atomic E-state index is 0.0426. The molecule has 2 atom stereocenters. The summed E-state index contributed by atoms with van der Waals surface area (Å²) in [6, 6.07) is -2.87. The molecule has 11 nitrogen and oxygen atoms in total. The summed E-state index contributed by atoms with van der Waals surface area (Å²) in [5.74, 6) is -1.82. The van der Waals surface area contributed by atoms with Gasteiger partial charge in [-0.25, -0.2) is 14.4 Å². The second kappa shape index (κ2) is 14.9. The quantitative estimate of drug-likeness (QED) is 0.124. The number of nitrogens with one attached hydrogen (secondary N) is 3. The van der Waals surface area contributed by atoms with Crippen LogP contribution in [0.4, 0.5) is 4.79 Å². The number of carbonyl (C=O) groups is 4. The number of esters is 3. The first-order chi connectivity index (χ1) is 16.7. The van der Waals surface area contributed by atoms with E-state index in [0.29, 0.717) is 19.4 Å². The number of unbranched alkanes of at least 4 members (excludes halogenated alkanes) is 1. The fraction of sp³-hybridized carbons (Fsp3) is 0.800. The van der Waals surface area contributed by atoms with Gasteiger partial charge in [0.2, 0.25) is 0 Å². The zero-order valence-corrected chi connectivity index (χ0v) is 24.6. The van der Waals surface area contributed by atoms with Gasteiger partial charge in [-0.05, 0) is 100 Å². The van der Waals surface area contributed by atoms with Crippen molar-refractivity contribution in [1.29, 1.82) is 0 Å². The number of urea groups is 1. The number of carbonyl (C=O) groups excluding carboxylic acids is 4. The standard InChI is InChI=1S/C25H46N4O7S/c1-23(2,3)34-18(30)14-13-17(20(32)36-25(7,8)9)29-22(33)28-16(19(31)35-24(4,5)6)12-10-11-15-27-21(26)37/h16-17H,10-15H2,1-9H3,(H3,26,27,37)(H2,28,29,33). The average molecular weight is 547 g/mol. The first-order valence-electron chi connectivity index (χ1n) is 12.5. The van der Waals surface area contributed by atoms with Gasteiger partial charge in [0.15, 0.2) is 5.11 Å². The van der Waals surface area contributed by atoms with E-state index in [1.54, 1.807) is 62.3 Å². The molecule has 0 spiro atoms. The molecule has 0 aromatic rings. The van der Waals surface area contributed by atoms with Gasteiger partial charge in [-0.1, -0.05) is 0 Å². The fourth-order valence-corrected chi connectivity index (χ4v) is 3.04. The fourth-order valence-electron chi connectivity index (χ4n) is 2.94. The predicted octanol–water partition coefficient (Wildman–Crippen LogP) is 2.83. The van der Waals surface area contributed by atoms with Gasteiger partial charge in [0.25, 0.3) is 0 Å². The first-order valence-corrected chi connectivity index (χ1v) is 12.9. The summed E-state index contributed by atoms with van der Waals surface area (Å²) in [6.07, 6.45) is 1.34. The van der Waals surface area contributed by atoms with Gasteiger partial charge in [0.1, 0.15) is 28.9 Å². The van der Waals surface area contributed by atoms with Crippen molar-refractivity contribution in [2.45, 2.75) is 123 Å². The van der Waals surface area contributed by atoms with Crippen LogP contribution in [0, 0.1) is 0 Å². The Morgan fingerprint density at radius 2 is 1.16 bits per heavy atom. The highest BCUT2D eigenvalue weighted by molar-refractivity contribution is 7.80. The summed E-state index contributed by atoms with van der Waals surface area (Å²) in [5.41, 5.74) is 3.16. The lowest BCUT2D eigenvalue weighted by atomic mass is 10.1. The molecule has 0 saturated carbocycles. The highest BCUT2D eigenvalue weighted by Crippen LogP contribution is 2.15. The number of nitrogens with two attached hydrogens (primary N) is 1. The maximum atomic E-state index is 12.9. The zero-order chi connectivity index (χ0) is 29.0. The molecule has 0 aromatic carbocycles. The maximum Gasteiger partial charge on any atom is 0.329 e. The van der Waals surface area contributed by atoms with Crippen LogP contribution in [-0.2, 0) is 28.6 Å². The number of hydrogen-bond donors (Lipinski definition) is 4. The van der Waals surface area contributed by atoms with Crippen molar-refractivity contribution in [3.63, 3.8) is 0 Å². The van der Waals surface area contributed by atoms with Crippen LogP contribution in [0.25, 0.3) is 0 Å². The van der Waals surface area contributed by atoms with Crippen molar-refractivity contribution >= 4 is 41.3 Å². The molecule has 0 aliphatic rings. The summed E-state index contributed by atoms with van der Waals surface area (Å²) in [6.45, 7) is 16.0. The lowest BCUT2D eigenvalue weighted by molar-refractivity contribution is -0.159. The Labute approximate surface area is 226 Å². The van der Waals surface area contributed by atoms with Crippen molar-refractivity contribution in [2.24, 2.45) is 5.73 Å². The number of thiocarbonyl (C=S) groups is 1. The second-order valence-electron chi connectivity index (χ2n) is 11.7. The molecular weight excluding hydrogens is 500 g/mol. The largest absolute Gasteiger partial charge is 0.460 e. The highest BCUT2D eigenvalue weighted by Gasteiger charge is 2.31. The first kappa shape index (κ1) is 34.4.